The smallest absolute Gasteiger partial charge is 0.266 e. The Hall–Kier alpha value is -3.48. The number of hydrogen-bond acceptors (Lipinski definition) is 4. The molecule has 1 aliphatic rings. The summed E-state index contributed by atoms with van der Waals surface area (Å²) in [5.41, 5.74) is 7.23. The van der Waals surface area contributed by atoms with Crippen LogP contribution in [0, 0.1) is 6.92 Å². The van der Waals surface area contributed by atoms with Gasteiger partial charge in [-0.3, -0.25) is 9.69 Å². The number of benzene rings is 3. The Morgan fingerprint density at radius 3 is 2.39 bits per heavy atom. The first-order valence-electron chi connectivity index (χ1n) is 12.0. The molecule has 1 amide bonds. The Morgan fingerprint density at radius 1 is 1.00 bits per heavy atom. The largest absolute Gasteiger partial charge is 0.288 e. The van der Waals surface area contributed by atoms with Gasteiger partial charge in [0, 0.05) is 17.3 Å². The molecule has 2 heterocycles. The molecule has 180 valence electrons. The third-order valence-corrected chi connectivity index (χ3v) is 7.67. The van der Waals surface area contributed by atoms with E-state index in [4.69, 9.17) is 17.3 Å². The Bertz CT molecular complexity index is 1460. The van der Waals surface area contributed by atoms with Gasteiger partial charge in [-0.15, -0.1) is 0 Å². The first-order valence-corrected chi connectivity index (χ1v) is 13.2. The van der Waals surface area contributed by atoms with Gasteiger partial charge in [-0.05, 0) is 53.8 Å². The highest BCUT2D eigenvalue weighted by Gasteiger charge is 2.32. The summed E-state index contributed by atoms with van der Waals surface area (Å²) < 4.78 is 2.46. The molecule has 0 spiro atoms. The van der Waals surface area contributed by atoms with Crippen molar-refractivity contribution < 1.29 is 4.79 Å². The van der Waals surface area contributed by atoms with Crippen LogP contribution in [-0.2, 0) is 11.3 Å². The second kappa shape index (κ2) is 10.2. The summed E-state index contributed by atoms with van der Waals surface area (Å²) in [4.78, 5) is 15.7. The monoisotopic (exact) mass is 509 g/mol. The first-order chi connectivity index (χ1) is 17.4. The van der Waals surface area contributed by atoms with Gasteiger partial charge in [0.1, 0.15) is 10.0 Å². The molecule has 1 aliphatic heterocycles. The molecule has 0 N–H and O–H groups in total. The number of carbonyl (C=O) groups is 1. The van der Waals surface area contributed by atoms with E-state index >= 15 is 0 Å². The summed E-state index contributed by atoms with van der Waals surface area (Å²) in [6.07, 6.45) is 3.93. The van der Waals surface area contributed by atoms with Crippen LogP contribution in [0.15, 0.2) is 90.0 Å². The normalized spacial score (nSPS) is 14.9. The minimum Gasteiger partial charge on any atom is -0.288 e. The van der Waals surface area contributed by atoms with Crippen LogP contribution in [0.1, 0.15) is 42.0 Å². The zero-order chi connectivity index (χ0) is 25.2. The van der Waals surface area contributed by atoms with Crippen molar-refractivity contribution in [2.24, 2.45) is 0 Å². The average molecular weight is 510 g/mol. The molecule has 1 fully saturated rings. The van der Waals surface area contributed by atoms with Crippen LogP contribution >= 0.6 is 24.0 Å². The van der Waals surface area contributed by atoms with Crippen LogP contribution in [0.2, 0.25) is 0 Å². The highest BCUT2D eigenvalue weighted by Crippen LogP contribution is 2.37. The van der Waals surface area contributed by atoms with E-state index in [0.29, 0.717) is 21.7 Å². The first kappa shape index (κ1) is 24.2. The lowest BCUT2D eigenvalue weighted by Crippen LogP contribution is -2.27. The van der Waals surface area contributed by atoms with E-state index < -0.39 is 0 Å². The van der Waals surface area contributed by atoms with Gasteiger partial charge < -0.3 is 0 Å². The molecule has 0 unspecified atom stereocenters. The van der Waals surface area contributed by atoms with E-state index in [9.17, 15) is 4.79 Å². The number of thioether (sulfide) groups is 1. The summed E-state index contributed by atoms with van der Waals surface area (Å²) in [5, 5.41) is 4.99. The molecule has 0 radical (unpaired) electrons. The molecule has 0 aliphatic carbocycles. The minimum absolute atomic E-state index is 0.0695. The van der Waals surface area contributed by atoms with Crippen molar-refractivity contribution in [3.8, 4) is 16.9 Å². The van der Waals surface area contributed by atoms with Gasteiger partial charge in [0.05, 0.1) is 17.1 Å². The van der Waals surface area contributed by atoms with E-state index in [1.807, 2.05) is 77.6 Å². The number of para-hydroxylation sites is 1. The molecular formula is C30H27N3OS2. The molecule has 0 atom stereocenters. The number of amides is 1. The van der Waals surface area contributed by atoms with Gasteiger partial charge >= 0.3 is 0 Å². The number of carbonyl (C=O) groups excluding carboxylic acids is 1. The van der Waals surface area contributed by atoms with E-state index in [1.54, 1.807) is 4.90 Å². The lowest BCUT2D eigenvalue weighted by molar-refractivity contribution is -0.122. The molecule has 4 nitrogen and oxygen atoms in total. The summed E-state index contributed by atoms with van der Waals surface area (Å²) in [7, 11) is 0. The average Bonchev–Trinajstić information content (AvgIpc) is 3.42. The molecule has 36 heavy (non-hydrogen) atoms. The number of aromatic nitrogens is 2. The van der Waals surface area contributed by atoms with E-state index in [-0.39, 0.29) is 5.91 Å². The third kappa shape index (κ3) is 4.92. The summed E-state index contributed by atoms with van der Waals surface area (Å²) >= 11 is 6.94. The van der Waals surface area contributed by atoms with Crippen molar-refractivity contribution >= 4 is 40.3 Å². The second-order valence-electron chi connectivity index (χ2n) is 9.20. The Labute approximate surface area is 221 Å². The molecule has 1 aromatic heterocycles. The maximum atomic E-state index is 13.4. The van der Waals surface area contributed by atoms with E-state index in [2.05, 4.69) is 39.0 Å². The van der Waals surface area contributed by atoms with Crippen molar-refractivity contribution in [1.82, 2.24) is 14.7 Å². The zero-order valence-electron chi connectivity index (χ0n) is 20.5. The van der Waals surface area contributed by atoms with Gasteiger partial charge in [-0.2, -0.15) is 5.10 Å². The maximum Gasteiger partial charge on any atom is 0.266 e. The van der Waals surface area contributed by atoms with Crippen molar-refractivity contribution in [3.63, 3.8) is 0 Å². The van der Waals surface area contributed by atoms with Gasteiger partial charge in [0.25, 0.3) is 5.91 Å². The number of nitrogens with zero attached hydrogens (tertiary/aromatic N) is 3. The molecule has 0 bridgehead atoms. The standard InChI is InChI=1S/C30H27N3OS2/c1-20(2)23-15-14-21(3)26(16-23)28-24(19-33(31-28)25-12-8-5-9-13-25)17-27-29(34)32(30(35)36-27)18-22-10-6-4-7-11-22/h4-17,19-20H,18H2,1-3H3. The molecule has 3 aromatic carbocycles. The maximum absolute atomic E-state index is 13.4. The SMILES string of the molecule is Cc1ccc(C(C)C)cc1-c1nn(-c2ccccc2)cc1C=C1SC(=S)N(Cc2ccccc2)C1=O. The van der Waals surface area contributed by atoms with Crippen LogP contribution in [-0.4, -0.2) is 24.9 Å². The van der Waals surface area contributed by atoms with Crippen molar-refractivity contribution in [1.29, 1.82) is 0 Å². The van der Waals surface area contributed by atoms with Crippen LogP contribution in [0.3, 0.4) is 0 Å². The lowest BCUT2D eigenvalue weighted by atomic mass is 9.95. The quantitative estimate of drug-likeness (QED) is 0.201. The molecule has 0 saturated carbocycles. The van der Waals surface area contributed by atoms with E-state index in [1.165, 1.54) is 17.3 Å². The number of rotatable bonds is 6. The number of thiocarbonyl (C=S) groups is 1. The van der Waals surface area contributed by atoms with Crippen LogP contribution in [0.25, 0.3) is 23.0 Å². The lowest BCUT2D eigenvalue weighted by Gasteiger charge is -2.14. The number of hydrogen-bond donors (Lipinski definition) is 0. The molecular weight excluding hydrogens is 482 g/mol. The summed E-state index contributed by atoms with van der Waals surface area (Å²) in [6, 6.07) is 26.5. The van der Waals surface area contributed by atoms with Crippen LogP contribution in [0.4, 0.5) is 0 Å². The fourth-order valence-electron chi connectivity index (χ4n) is 4.21. The van der Waals surface area contributed by atoms with E-state index in [0.717, 1.165) is 33.6 Å². The predicted octanol–water partition coefficient (Wildman–Crippen LogP) is 7.37. The topological polar surface area (TPSA) is 38.1 Å². The highest BCUT2D eigenvalue weighted by atomic mass is 32.2. The fraction of sp³-hybridized carbons (Fsp3) is 0.167. The Morgan fingerprint density at radius 2 is 1.69 bits per heavy atom. The molecule has 4 aromatic rings. The zero-order valence-corrected chi connectivity index (χ0v) is 22.1. The third-order valence-electron chi connectivity index (χ3n) is 6.29. The van der Waals surface area contributed by atoms with Gasteiger partial charge in [-0.25, -0.2) is 4.68 Å². The minimum atomic E-state index is -0.0695. The molecule has 5 rings (SSSR count). The Kier molecular flexibility index (Phi) is 6.90. The van der Waals surface area contributed by atoms with Gasteiger partial charge in [0.15, 0.2) is 0 Å². The van der Waals surface area contributed by atoms with Crippen LogP contribution in [0.5, 0.6) is 0 Å². The van der Waals surface area contributed by atoms with Crippen molar-refractivity contribution in [2.75, 3.05) is 0 Å². The second-order valence-corrected chi connectivity index (χ2v) is 10.9. The number of aryl methyl sites for hydroxylation is 1. The van der Waals surface area contributed by atoms with Crippen LogP contribution < -0.4 is 0 Å². The fourth-order valence-corrected chi connectivity index (χ4v) is 5.46. The predicted molar refractivity (Wildman–Crippen MR) is 153 cm³/mol. The molecule has 1 saturated heterocycles. The highest BCUT2D eigenvalue weighted by molar-refractivity contribution is 8.26. The van der Waals surface area contributed by atoms with Crippen molar-refractivity contribution in [2.45, 2.75) is 33.2 Å². The summed E-state index contributed by atoms with van der Waals surface area (Å²) in [5.74, 6) is 0.332. The van der Waals surface area contributed by atoms with Gasteiger partial charge in [0.2, 0.25) is 0 Å². The molecule has 6 heteroatoms. The van der Waals surface area contributed by atoms with Crippen molar-refractivity contribution in [3.05, 3.63) is 112 Å². The Balaban J connectivity index is 1.58. The summed E-state index contributed by atoms with van der Waals surface area (Å²) in [6.45, 7) is 6.95. The van der Waals surface area contributed by atoms with Gasteiger partial charge in [-0.1, -0.05) is 98.5 Å².